The van der Waals surface area contributed by atoms with Gasteiger partial charge < -0.3 is 11.1 Å². The molecule has 2 aromatic carbocycles. The third-order valence-electron chi connectivity index (χ3n) is 3.73. The molecule has 0 saturated carbocycles. The minimum atomic E-state index is -3.97. The second kappa shape index (κ2) is 9.68. The quantitative estimate of drug-likeness (QED) is 0.647. The number of nitrogens with two attached hydrogens (primary N) is 1. The zero-order chi connectivity index (χ0) is 19.3. The molecule has 9 heteroatoms. The van der Waals surface area contributed by atoms with Gasteiger partial charge in [0.1, 0.15) is 5.82 Å². The standard InChI is InChI=1S/C18H22FN3O3S.ClH/c1-12-11-14(19)7-8-17(12)26(24,25)22-16-6-4-3-5-15(16)18(23)21-10-9-13(2)20;/h3-8,11,13,22H,9-10,20H2,1-2H3,(H,21,23);1H. The van der Waals surface area contributed by atoms with Crippen molar-refractivity contribution in [2.45, 2.75) is 31.2 Å². The average molecular weight is 416 g/mol. The molecule has 0 heterocycles. The number of benzene rings is 2. The Labute approximate surface area is 164 Å². The van der Waals surface area contributed by atoms with Gasteiger partial charge in [0.05, 0.1) is 16.1 Å². The Kier molecular flexibility index (Phi) is 8.20. The largest absolute Gasteiger partial charge is 0.352 e. The molecule has 0 fully saturated rings. The Hall–Kier alpha value is -2.16. The van der Waals surface area contributed by atoms with Gasteiger partial charge >= 0.3 is 0 Å². The van der Waals surface area contributed by atoms with E-state index in [1.165, 1.54) is 25.1 Å². The molecule has 6 nitrogen and oxygen atoms in total. The van der Waals surface area contributed by atoms with Crippen LogP contribution in [0.25, 0.3) is 0 Å². The van der Waals surface area contributed by atoms with E-state index in [-0.39, 0.29) is 40.2 Å². The lowest BCUT2D eigenvalue weighted by molar-refractivity contribution is 0.0953. The fourth-order valence-electron chi connectivity index (χ4n) is 2.39. The van der Waals surface area contributed by atoms with Crippen molar-refractivity contribution in [3.8, 4) is 0 Å². The smallest absolute Gasteiger partial charge is 0.262 e. The number of amides is 1. The summed E-state index contributed by atoms with van der Waals surface area (Å²) in [5.41, 5.74) is 6.27. The lowest BCUT2D eigenvalue weighted by Gasteiger charge is -2.14. The fraction of sp³-hybridized carbons (Fsp3) is 0.278. The zero-order valence-electron chi connectivity index (χ0n) is 15.0. The molecular formula is C18H23ClFN3O3S. The molecule has 2 rings (SSSR count). The molecule has 0 radical (unpaired) electrons. The van der Waals surface area contributed by atoms with Crippen molar-refractivity contribution >= 4 is 34.0 Å². The van der Waals surface area contributed by atoms with Crippen LogP contribution >= 0.6 is 12.4 Å². The van der Waals surface area contributed by atoms with Gasteiger partial charge in [-0.05, 0) is 56.2 Å². The van der Waals surface area contributed by atoms with Crippen molar-refractivity contribution in [2.24, 2.45) is 5.73 Å². The number of hydrogen-bond donors (Lipinski definition) is 3. The van der Waals surface area contributed by atoms with E-state index in [0.29, 0.717) is 13.0 Å². The van der Waals surface area contributed by atoms with Crippen molar-refractivity contribution in [2.75, 3.05) is 11.3 Å². The molecule has 2 aromatic rings. The number of rotatable bonds is 7. The summed E-state index contributed by atoms with van der Waals surface area (Å²) in [5, 5.41) is 2.71. The molecule has 0 aromatic heterocycles. The Balaban J connectivity index is 0.00000364. The van der Waals surface area contributed by atoms with E-state index in [2.05, 4.69) is 10.0 Å². The number of anilines is 1. The van der Waals surface area contributed by atoms with Crippen molar-refractivity contribution in [3.63, 3.8) is 0 Å². The SMILES string of the molecule is Cc1cc(F)ccc1S(=O)(=O)Nc1ccccc1C(=O)NCCC(C)N.Cl. The lowest BCUT2D eigenvalue weighted by atomic mass is 10.1. The van der Waals surface area contributed by atoms with E-state index < -0.39 is 21.7 Å². The van der Waals surface area contributed by atoms with E-state index >= 15 is 0 Å². The van der Waals surface area contributed by atoms with Gasteiger partial charge in [-0.25, -0.2) is 12.8 Å². The van der Waals surface area contributed by atoms with Gasteiger partial charge in [-0.2, -0.15) is 0 Å². The minimum absolute atomic E-state index is 0. The molecule has 1 unspecified atom stereocenters. The molecule has 0 saturated heterocycles. The number of para-hydroxylation sites is 1. The molecule has 0 aliphatic rings. The van der Waals surface area contributed by atoms with Crippen molar-refractivity contribution in [3.05, 3.63) is 59.4 Å². The van der Waals surface area contributed by atoms with Gasteiger partial charge in [0.15, 0.2) is 0 Å². The first-order valence-corrected chi connectivity index (χ1v) is 9.61. The van der Waals surface area contributed by atoms with E-state index in [1.54, 1.807) is 12.1 Å². The van der Waals surface area contributed by atoms with Gasteiger partial charge in [-0.15, -0.1) is 12.4 Å². The highest BCUT2D eigenvalue weighted by molar-refractivity contribution is 7.92. The summed E-state index contributed by atoms with van der Waals surface area (Å²) in [4.78, 5) is 12.3. The summed E-state index contributed by atoms with van der Waals surface area (Å²) < 4.78 is 40.9. The van der Waals surface area contributed by atoms with E-state index in [0.717, 1.165) is 12.1 Å². The van der Waals surface area contributed by atoms with Crippen molar-refractivity contribution in [1.82, 2.24) is 5.32 Å². The molecule has 4 N–H and O–H groups in total. The number of hydrogen-bond acceptors (Lipinski definition) is 4. The van der Waals surface area contributed by atoms with Crippen molar-refractivity contribution < 1.29 is 17.6 Å². The minimum Gasteiger partial charge on any atom is -0.352 e. The van der Waals surface area contributed by atoms with Gasteiger partial charge in [-0.1, -0.05) is 12.1 Å². The Morgan fingerprint density at radius 2 is 1.89 bits per heavy atom. The molecule has 0 aliphatic carbocycles. The summed E-state index contributed by atoms with van der Waals surface area (Å²) in [6.07, 6.45) is 0.606. The van der Waals surface area contributed by atoms with Crippen LogP contribution in [0.3, 0.4) is 0 Å². The number of carbonyl (C=O) groups excluding carboxylic acids is 1. The highest BCUT2D eigenvalue weighted by atomic mass is 35.5. The fourth-order valence-corrected chi connectivity index (χ4v) is 3.70. The highest BCUT2D eigenvalue weighted by Gasteiger charge is 2.20. The van der Waals surface area contributed by atoms with Gasteiger partial charge in [0.2, 0.25) is 0 Å². The molecule has 148 valence electrons. The normalized spacial score (nSPS) is 12.0. The Bertz CT molecular complexity index is 904. The summed E-state index contributed by atoms with van der Waals surface area (Å²) in [7, 11) is -3.97. The first kappa shape index (κ1) is 22.9. The van der Waals surface area contributed by atoms with Crippen LogP contribution < -0.4 is 15.8 Å². The van der Waals surface area contributed by atoms with Crippen LogP contribution in [0, 0.1) is 12.7 Å². The third-order valence-corrected chi connectivity index (χ3v) is 5.25. The van der Waals surface area contributed by atoms with Crippen LogP contribution in [0.15, 0.2) is 47.4 Å². The third kappa shape index (κ3) is 6.20. The number of sulfonamides is 1. The van der Waals surface area contributed by atoms with Crippen LogP contribution in [0.5, 0.6) is 0 Å². The van der Waals surface area contributed by atoms with Crippen molar-refractivity contribution in [1.29, 1.82) is 0 Å². The number of carbonyl (C=O) groups is 1. The summed E-state index contributed by atoms with van der Waals surface area (Å²) in [5.74, 6) is -0.921. The second-order valence-corrected chi connectivity index (χ2v) is 7.73. The molecule has 1 amide bonds. The average Bonchev–Trinajstić information content (AvgIpc) is 2.54. The second-order valence-electron chi connectivity index (χ2n) is 6.08. The number of halogens is 2. The van der Waals surface area contributed by atoms with Gasteiger partial charge in [0.25, 0.3) is 15.9 Å². The van der Waals surface area contributed by atoms with Crippen LogP contribution in [0.4, 0.5) is 10.1 Å². The first-order chi connectivity index (χ1) is 12.2. The Morgan fingerprint density at radius 1 is 1.22 bits per heavy atom. The van der Waals surface area contributed by atoms with Gasteiger partial charge in [-0.3, -0.25) is 9.52 Å². The summed E-state index contributed by atoms with van der Waals surface area (Å²) >= 11 is 0. The molecule has 0 bridgehead atoms. The topological polar surface area (TPSA) is 101 Å². The molecule has 1 atom stereocenters. The van der Waals surface area contributed by atoms with E-state index in [1.807, 2.05) is 6.92 Å². The molecule has 0 spiro atoms. The van der Waals surface area contributed by atoms with Crippen LogP contribution in [-0.2, 0) is 10.0 Å². The number of aryl methyl sites for hydroxylation is 1. The van der Waals surface area contributed by atoms with Crippen LogP contribution in [0.1, 0.15) is 29.3 Å². The number of nitrogens with one attached hydrogen (secondary N) is 2. The van der Waals surface area contributed by atoms with E-state index in [4.69, 9.17) is 5.73 Å². The molecule has 0 aliphatic heterocycles. The van der Waals surface area contributed by atoms with E-state index in [9.17, 15) is 17.6 Å². The maximum Gasteiger partial charge on any atom is 0.262 e. The summed E-state index contributed by atoms with van der Waals surface area (Å²) in [6.45, 7) is 3.72. The monoisotopic (exact) mass is 415 g/mol. The first-order valence-electron chi connectivity index (χ1n) is 8.12. The maximum atomic E-state index is 13.2. The van der Waals surface area contributed by atoms with Crippen LogP contribution in [0.2, 0.25) is 0 Å². The maximum absolute atomic E-state index is 13.2. The molecule has 27 heavy (non-hydrogen) atoms. The molecular weight excluding hydrogens is 393 g/mol. The van der Waals surface area contributed by atoms with Gasteiger partial charge in [0, 0.05) is 12.6 Å². The predicted molar refractivity (Wildman–Crippen MR) is 106 cm³/mol. The Morgan fingerprint density at radius 3 is 2.52 bits per heavy atom. The summed E-state index contributed by atoms with van der Waals surface area (Å²) in [6, 6.07) is 9.64. The zero-order valence-corrected chi connectivity index (χ0v) is 16.7. The lowest BCUT2D eigenvalue weighted by Crippen LogP contribution is -2.29. The van der Waals surface area contributed by atoms with Crippen LogP contribution in [-0.4, -0.2) is 26.9 Å². The highest BCUT2D eigenvalue weighted by Crippen LogP contribution is 2.22. The predicted octanol–water partition coefficient (Wildman–Crippen LogP) is 2.82.